The third kappa shape index (κ3) is 6.99. The first-order valence-corrected chi connectivity index (χ1v) is 13.3. The Morgan fingerprint density at radius 2 is 0.500 bits per heavy atom. The van der Waals surface area contributed by atoms with Crippen molar-refractivity contribution in [3.8, 4) is 0 Å². The van der Waals surface area contributed by atoms with Crippen LogP contribution in [0.5, 0.6) is 0 Å². The molecule has 4 heteroatoms. The molecular formula is C26H44O4. The maximum atomic E-state index is 6.55. The fraction of sp³-hybridized carbons (Fsp3) is 0.923. The SMILES string of the molecule is C1CCC(OC(OC2CCCCC2)=C(OC2CCCCC2)OC2CCCCC2)CC1. The Kier molecular flexibility index (Phi) is 8.93. The predicted molar refractivity (Wildman–Crippen MR) is 119 cm³/mol. The molecule has 0 heterocycles. The second-order valence-corrected chi connectivity index (χ2v) is 10.1. The summed E-state index contributed by atoms with van der Waals surface area (Å²) in [6.07, 6.45) is 25.3. The third-order valence-electron chi connectivity index (χ3n) is 7.47. The van der Waals surface area contributed by atoms with Crippen LogP contribution < -0.4 is 0 Å². The lowest BCUT2D eigenvalue weighted by Crippen LogP contribution is -2.27. The Bertz CT molecular complexity index is 417. The molecule has 4 saturated carbocycles. The fourth-order valence-electron chi connectivity index (χ4n) is 5.59. The minimum Gasteiger partial charge on any atom is -0.457 e. The van der Waals surface area contributed by atoms with Gasteiger partial charge in [0.2, 0.25) is 0 Å². The van der Waals surface area contributed by atoms with Gasteiger partial charge in [-0.05, 0) is 103 Å². The topological polar surface area (TPSA) is 36.9 Å². The van der Waals surface area contributed by atoms with Gasteiger partial charge in [0, 0.05) is 0 Å². The van der Waals surface area contributed by atoms with Crippen LogP contribution in [0.25, 0.3) is 0 Å². The molecule has 172 valence electrons. The molecule has 4 rings (SSSR count). The van der Waals surface area contributed by atoms with Gasteiger partial charge in [-0.3, -0.25) is 0 Å². The standard InChI is InChI=1S/C26H44O4/c1-5-13-21(14-6-1)27-25(28-22-15-7-2-8-16-22)26(29-23-17-9-3-10-18-23)30-24-19-11-4-12-20-24/h21-24H,1-20H2. The zero-order valence-corrected chi connectivity index (χ0v) is 19.1. The van der Waals surface area contributed by atoms with Gasteiger partial charge in [0.05, 0.1) is 0 Å². The second-order valence-electron chi connectivity index (χ2n) is 10.1. The van der Waals surface area contributed by atoms with E-state index >= 15 is 0 Å². The van der Waals surface area contributed by atoms with E-state index in [1.165, 1.54) is 77.0 Å². The first kappa shape index (κ1) is 22.1. The van der Waals surface area contributed by atoms with E-state index in [0.717, 1.165) is 51.4 Å². The van der Waals surface area contributed by atoms with Crippen molar-refractivity contribution in [1.29, 1.82) is 0 Å². The van der Waals surface area contributed by atoms with Crippen LogP contribution >= 0.6 is 0 Å². The molecule has 4 fully saturated rings. The average Bonchev–Trinajstić information content (AvgIpc) is 2.81. The lowest BCUT2D eigenvalue weighted by atomic mass is 9.97. The minimum absolute atomic E-state index is 0.247. The number of hydrogen-bond acceptors (Lipinski definition) is 4. The van der Waals surface area contributed by atoms with Crippen LogP contribution in [0.4, 0.5) is 0 Å². The van der Waals surface area contributed by atoms with Crippen LogP contribution in [0.3, 0.4) is 0 Å². The van der Waals surface area contributed by atoms with Crippen molar-refractivity contribution in [2.45, 2.75) is 153 Å². The third-order valence-corrected chi connectivity index (χ3v) is 7.47. The lowest BCUT2D eigenvalue weighted by Gasteiger charge is -2.32. The van der Waals surface area contributed by atoms with Gasteiger partial charge in [-0.2, -0.15) is 0 Å². The number of rotatable bonds is 8. The van der Waals surface area contributed by atoms with Gasteiger partial charge in [-0.1, -0.05) is 25.7 Å². The van der Waals surface area contributed by atoms with Gasteiger partial charge in [-0.15, -0.1) is 0 Å². The quantitative estimate of drug-likeness (QED) is 0.381. The monoisotopic (exact) mass is 420 g/mol. The van der Waals surface area contributed by atoms with Gasteiger partial charge in [0.1, 0.15) is 24.4 Å². The van der Waals surface area contributed by atoms with E-state index in [2.05, 4.69) is 0 Å². The highest BCUT2D eigenvalue weighted by atomic mass is 16.7. The summed E-state index contributed by atoms with van der Waals surface area (Å²) in [5.41, 5.74) is 0. The minimum atomic E-state index is 0.247. The zero-order chi connectivity index (χ0) is 20.4. The van der Waals surface area contributed by atoms with Crippen LogP contribution in [0.2, 0.25) is 0 Å². The van der Waals surface area contributed by atoms with E-state index in [0.29, 0.717) is 11.9 Å². The predicted octanol–water partition coefficient (Wildman–Crippen LogP) is 7.51. The molecule has 0 N–H and O–H groups in total. The molecule has 0 atom stereocenters. The molecular weight excluding hydrogens is 376 g/mol. The zero-order valence-electron chi connectivity index (χ0n) is 19.1. The van der Waals surface area contributed by atoms with Crippen molar-refractivity contribution >= 4 is 0 Å². The van der Waals surface area contributed by atoms with Crippen molar-refractivity contribution in [3.05, 3.63) is 11.9 Å². The fourth-order valence-corrected chi connectivity index (χ4v) is 5.59. The largest absolute Gasteiger partial charge is 0.457 e. The summed E-state index contributed by atoms with van der Waals surface area (Å²) in [4.78, 5) is 0. The Morgan fingerprint density at radius 3 is 0.700 bits per heavy atom. The molecule has 4 nitrogen and oxygen atoms in total. The molecule has 4 aliphatic rings. The van der Waals surface area contributed by atoms with Crippen LogP contribution in [-0.4, -0.2) is 24.4 Å². The first-order chi connectivity index (χ1) is 14.9. The summed E-state index contributed by atoms with van der Waals surface area (Å²) in [6, 6.07) is 0. The molecule has 4 aliphatic carbocycles. The summed E-state index contributed by atoms with van der Waals surface area (Å²) in [5, 5.41) is 0. The number of ether oxygens (including phenoxy) is 4. The summed E-state index contributed by atoms with van der Waals surface area (Å²) >= 11 is 0. The van der Waals surface area contributed by atoms with E-state index in [-0.39, 0.29) is 24.4 Å². The molecule has 0 aromatic heterocycles. The van der Waals surface area contributed by atoms with Gasteiger partial charge in [-0.25, -0.2) is 0 Å². The van der Waals surface area contributed by atoms with Crippen LogP contribution in [0, 0.1) is 0 Å². The van der Waals surface area contributed by atoms with Crippen molar-refractivity contribution in [2.75, 3.05) is 0 Å². The van der Waals surface area contributed by atoms with Gasteiger partial charge >= 0.3 is 11.9 Å². The van der Waals surface area contributed by atoms with Crippen LogP contribution in [0.15, 0.2) is 11.9 Å². The molecule has 30 heavy (non-hydrogen) atoms. The Morgan fingerprint density at radius 1 is 0.300 bits per heavy atom. The lowest BCUT2D eigenvalue weighted by molar-refractivity contribution is -0.123. The molecule has 0 radical (unpaired) electrons. The highest BCUT2D eigenvalue weighted by Crippen LogP contribution is 2.33. The Balaban J connectivity index is 1.52. The van der Waals surface area contributed by atoms with Crippen LogP contribution in [0.1, 0.15) is 128 Å². The Hall–Kier alpha value is -1.06. The van der Waals surface area contributed by atoms with Crippen molar-refractivity contribution in [1.82, 2.24) is 0 Å². The molecule has 0 spiro atoms. The summed E-state index contributed by atoms with van der Waals surface area (Å²) < 4.78 is 26.2. The Labute approximate surface area is 184 Å². The second kappa shape index (κ2) is 12.1. The summed E-state index contributed by atoms with van der Waals surface area (Å²) in [5.74, 6) is 1.18. The molecule has 0 amide bonds. The molecule has 0 saturated heterocycles. The smallest absolute Gasteiger partial charge is 0.364 e. The van der Waals surface area contributed by atoms with Crippen LogP contribution in [-0.2, 0) is 18.9 Å². The molecule has 0 bridgehead atoms. The van der Waals surface area contributed by atoms with Crippen molar-refractivity contribution in [2.24, 2.45) is 0 Å². The maximum absolute atomic E-state index is 6.55. The maximum Gasteiger partial charge on any atom is 0.364 e. The van der Waals surface area contributed by atoms with E-state index in [4.69, 9.17) is 18.9 Å². The average molecular weight is 421 g/mol. The highest BCUT2D eigenvalue weighted by molar-refractivity contribution is 4.93. The van der Waals surface area contributed by atoms with Crippen molar-refractivity contribution in [3.63, 3.8) is 0 Å². The van der Waals surface area contributed by atoms with Gasteiger partial charge in [0.15, 0.2) is 0 Å². The normalized spacial score (nSPS) is 25.5. The number of hydrogen-bond donors (Lipinski definition) is 0. The summed E-state index contributed by atoms with van der Waals surface area (Å²) in [7, 11) is 0. The molecule has 0 aromatic carbocycles. The molecule has 0 aromatic rings. The summed E-state index contributed by atoms with van der Waals surface area (Å²) in [6.45, 7) is 0. The highest BCUT2D eigenvalue weighted by Gasteiger charge is 2.30. The molecule has 0 aliphatic heterocycles. The van der Waals surface area contributed by atoms with E-state index < -0.39 is 0 Å². The first-order valence-electron chi connectivity index (χ1n) is 13.3. The molecule has 0 unspecified atom stereocenters. The van der Waals surface area contributed by atoms with E-state index in [1.54, 1.807) is 0 Å². The van der Waals surface area contributed by atoms with E-state index in [1.807, 2.05) is 0 Å². The van der Waals surface area contributed by atoms with E-state index in [9.17, 15) is 0 Å². The van der Waals surface area contributed by atoms with Gasteiger partial charge < -0.3 is 18.9 Å². The van der Waals surface area contributed by atoms with Gasteiger partial charge in [0.25, 0.3) is 0 Å². The van der Waals surface area contributed by atoms with Crippen molar-refractivity contribution < 1.29 is 18.9 Å².